The fourth-order valence-electron chi connectivity index (χ4n) is 2.86. The second-order valence-corrected chi connectivity index (χ2v) is 5.10. The molecule has 102 valence electrons. The van der Waals surface area contributed by atoms with Crippen LogP contribution in [0.2, 0.25) is 0 Å². The molecular formula is C17H11NO3. The number of carbonyl (C=O) groups is 2. The molecule has 0 fully saturated rings. The third-order valence-electron chi connectivity index (χ3n) is 3.90. The van der Waals surface area contributed by atoms with Crippen LogP contribution in [0.4, 0.5) is 0 Å². The van der Waals surface area contributed by atoms with Crippen molar-refractivity contribution < 1.29 is 14.3 Å². The Bertz CT molecular complexity index is 793. The molecule has 0 spiro atoms. The molecule has 2 heterocycles. The summed E-state index contributed by atoms with van der Waals surface area (Å²) in [7, 11) is 0. The first-order valence-electron chi connectivity index (χ1n) is 6.74. The zero-order valence-corrected chi connectivity index (χ0v) is 11.1. The minimum Gasteiger partial charge on any atom is -0.484 e. The molecule has 1 aliphatic carbocycles. The van der Waals surface area contributed by atoms with E-state index in [1.54, 1.807) is 24.5 Å². The Hall–Kier alpha value is -2.75. The van der Waals surface area contributed by atoms with Crippen molar-refractivity contribution in [1.82, 2.24) is 4.98 Å². The Kier molecular flexibility index (Phi) is 2.51. The molecule has 0 N–H and O–H groups in total. The molecule has 2 aliphatic rings. The topological polar surface area (TPSA) is 56.3 Å². The highest BCUT2D eigenvalue weighted by Crippen LogP contribution is 2.44. The maximum Gasteiger partial charge on any atom is 0.234 e. The smallest absolute Gasteiger partial charge is 0.234 e. The van der Waals surface area contributed by atoms with E-state index in [1.165, 1.54) is 0 Å². The van der Waals surface area contributed by atoms with Crippen LogP contribution < -0.4 is 0 Å². The van der Waals surface area contributed by atoms with Gasteiger partial charge in [0.25, 0.3) is 0 Å². The molecule has 1 atom stereocenters. The fraction of sp³-hybridized carbons (Fsp3) is 0.118. The second-order valence-electron chi connectivity index (χ2n) is 5.10. The highest BCUT2D eigenvalue weighted by molar-refractivity contribution is 6.52. The lowest BCUT2D eigenvalue weighted by Gasteiger charge is -2.16. The number of benzene rings is 1. The molecule has 0 radical (unpaired) electrons. The Morgan fingerprint density at radius 3 is 2.43 bits per heavy atom. The van der Waals surface area contributed by atoms with Crippen molar-refractivity contribution in [2.24, 2.45) is 0 Å². The normalized spacial score (nSPS) is 20.1. The van der Waals surface area contributed by atoms with Crippen LogP contribution in [-0.2, 0) is 9.53 Å². The first-order chi connectivity index (χ1) is 10.3. The van der Waals surface area contributed by atoms with E-state index >= 15 is 0 Å². The number of rotatable bonds is 1. The van der Waals surface area contributed by atoms with Crippen LogP contribution >= 0.6 is 0 Å². The number of ketones is 2. The largest absolute Gasteiger partial charge is 0.484 e. The number of pyridine rings is 1. The van der Waals surface area contributed by atoms with Gasteiger partial charge in [0.05, 0.1) is 5.57 Å². The Morgan fingerprint density at radius 1 is 0.952 bits per heavy atom. The van der Waals surface area contributed by atoms with Crippen LogP contribution in [0.1, 0.15) is 34.0 Å². The molecule has 4 heteroatoms. The van der Waals surface area contributed by atoms with Gasteiger partial charge in [0.1, 0.15) is 11.9 Å². The van der Waals surface area contributed by atoms with Crippen LogP contribution in [0.15, 0.2) is 54.4 Å². The van der Waals surface area contributed by atoms with Crippen molar-refractivity contribution in [2.45, 2.75) is 12.5 Å². The zero-order chi connectivity index (χ0) is 14.4. The maximum absolute atomic E-state index is 12.2. The van der Waals surface area contributed by atoms with Gasteiger partial charge in [-0.1, -0.05) is 24.3 Å². The Labute approximate surface area is 121 Å². The van der Waals surface area contributed by atoms with E-state index in [9.17, 15) is 9.59 Å². The molecule has 4 rings (SSSR count). The Morgan fingerprint density at radius 2 is 1.67 bits per heavy atom. The van der Waals surface area contributed by atoms with Crippen LogP contribution in [0.3, 0.4) is 0 Å². The summed E-state index contributed by atoms with van der Waals surface area (Å²) in [6.07, 6.45) is 3.58. The highest BCUT2D eigenvalue weighted by atomic mass is 16.5. The minimum atomic E-state index is -0.444. The molecule has 0 saturated carbocycles. The van der Waals surface area contributed by atoms with Crippen LogP contribution in [0, 0.1) is 0 Å². The summed E-state index contributed by atoms with van der Waals surface area (Å²) in [4.78, 5) is 28.4. The number of hydrogen-bond donors (Lipinski definition) is 0. The van der Waals surface area contributed by atoms with Crippen molar-refractivity contribution >= 4 is 17.3 Å². The number of hydrogen-bond acceptors (Lipinski definition) is 4. The Balaban J connectivity index is 1.79. The van der Waals surface area contributed by atoms with Crippen molar-refractivity contribution in [3.05, 3.63) is 71.1 Å². The van der Waals surface area contributed by atoms with Crippen LogP contribution in [-0.4, -0.2) is 16.6 Å². The summed E-state index contributed by atoms with van der Waals surface area (Å²) < 4.78 is 5.98. The minimum absolute atomic E-state index is 0.235. The van der Waals surface area contributed by atoms with E-state index in [1.807, 2.05) is 24.3 Å². The lowest BCUT2D eigenvalue weighted by atomic mass is 9.87. The van der Waals surface area contributed by atoms with E-state index in [4.69, 9.17) is 4.74 Å². The molecule has 0 amide bonds. The first-order valence-corrected chi connectivity index (χ1v) is 6.74. The lowest BCUT2D eigenvalue weighted by molar-refractivity contribution is -0.112. The number of Topliss-reactive ketones (excluding diaryl/α,β-unsaturated/α-hetero) is 2. The van der Waals surface area contributed by atoms with Crippen molar-refractivity contribution in [3.63, 3.8) is 0 Å². The third kappa shape index (κ3) is 1.72. The predicted octanol–water partition coefficient (Wildman–Crippen LogP) is 2.72. The predicted molar refractivity (Wildman–Crippen MR) is 75.4 cm³/mol. The SMILES string of the molecule is O=C1C(=O)c2ccccc2C2=C1CC(c1ccncc1)O2. The molecule has 0 bridgehead atoms. The van der Waals surface area contributed by atoms with Gasteiger partial charge in [-0.2, -0.15) is 0 Å². The van der Waals surface area contributed by atoms with E-state index in [2.05, 4.69) is 4.98 Å². The van der Waals surface area contributed by atoms with Gasteiger partial charge in [-0.05, 0) is 17.7 Å². The summed E-state index contributed by atoms with van der Waals surface area (Å²) in [5.74, 6) is -0.333. The number of aromatic nitrogens is 1. The summed E-state index contributed by atoms with van der Waals surface area (Å²) in [5.41, 5.74) is 2.59. The van der Waals surface area contributed by atoms with Gasteiger partial charge < -0.3 is 4.74 Å². The van der Waals surface area contributed by atoms with Crippen LogP contribution in [0.5, 0.6) is 0 Å². The highest BCUT2D eigenvalue weighted by Gasteiger charge is 2.40. The summed E-state index contributed by atoms with van der Waals surface area (Å²) in [6.45, 7) is 0. The molecule has 4 nitrogen and oxygen atoms in total. The summed E-state index contributed by atoms with van der Waals surface area (Å²) in [6, 6.07) is 10.8. The van der Waals surface area contributed by atoms with Gasteiger partial charge >= 0.3 is 0 Å². The van der Waals surface area contributed by atoms with Gasteiger partial charge in [-0.15, -0.1) is 0 Å². The first kappa shape index (κ1) is 12.0. The molecule has 1 unspecified atom stereocenters. The van der Waals surface area contributed by atoms with Crippen molar-refractivity contribution in [1.29, 1.82) is 0 Å². The van der Waals surface area contributed by atoms with E-state index in [0.29, 0.717) is 28.9 Å². The zero-order valence-electron chi connectivity index (χ0n) is 11.1. The second kappa shape index (κ2) is 4.38. The molecular weight excluding hydrogens is 266 g/mol. The summed E-state index contributed by atoms with van der Waals surface area (Å²) in [5, 5.41) is 0. The summed E-state index contributed by atoms with van der Waals surface area (Å²) >= 11 is 0. The molecule has 2 aromatic rings. The fourth-order valence-corrected chi connectivity index (χ4v) is 2.86. The van der Waals surface area contributed by atoms with Crippen LogP contribution in [0.25, 0.3) is 5.76 Å². The molecule has 21 heavy (non-hydrogen) atoms. The number of fused-ring (bicyclic) bond motifs is 2. The lowest BCUT2D eigenvalue weighted by Crippen LogP contribution is -2.22. The molecule has 0 saturated heterocycles. The van der Waals surface area contributed by atoms with E-state index in [0.717, 1.165) is 5.56 Å². The van der Waals surface area contributed by atoms with Gasteiger partial charge in [0.2, 0.25) is 11.6 Å². The van der Waals surface area contributed by atoms with Gasteiger partial charge in [-0.3, -0.25) is 14.6 Å². The molecule has 1 aromatic carbocycles. The number of ether oxygens (including phenoxy) is 1. The number of carbonyl (C=O) groups excluding carboxylic acids is 2. The average molecular weight is 277 g/mol. The van der Waals surface area contributed by atoms with Crippen molar-refractivity contribution in [2.75, 3.05) is 0 Å². The third-order valence-corrected chi connectivity index (χ3v) is 3.90. The molecule has 1 aliphatic heterocycles. The maximum atomic E-state index is 12.2. The standard InChI is InChI=1S/C17H11NO3/c19-15-11-3-1-2-4-12(11)17-13(16(15)20)9-14(21-17)10-5-7-18-8-6-10/h1-8,14H,9H2. The number of nitrogens with zero attached hydrogens (tertiary/aromatic N) is 1. The average Bonchev–Trinajstić information content (AvgIpc) is 2.99. The quantitative estimate of drug-likeness (QED) is 0.752. The van der Waals surface area contributed by atoms with E-state index < -0.39 is 11.6 Å². The van der Waals surface area contributed by atoms with Crippen molar-refractivity contribution in [3.8, 4) is 0 Å². The monoisotopic (exact) mass is 277 g/mol. The molecule has 1 aromatic heterocycles. The van der Waals surface area contributed by atoms with Gasteiger partial charge in [0.15, 0.2) is 0 Å². The van der Waals surface area contributed by atoms with Gasteiger partial charge in [0, 0.05) is 29.9 Å². The van der Waals surface area contributed by atoms with E-state index in [-0.39, 0.29) is 6.10 Å². The van der Waals surface area contributed by atoms with Gasteiger partial charge in [-0.25, -0.2) is 0 Å².